The van der Waals surface area contributed by atoms with E-state index in [4.69, 9.17) is 4.74 Å². The average molecular weight is 462 g/mol. The number of fused-ring (bicyclic) bond motifs is 3. The normalized spacial score (nSPS) is 15.5. The minimum Gasteiger partial charge on any atom is -0.489 e. The van der Waals surface area contributed by atoms with E-state index in [1.54, 1.807) is 7.05 Å². The molecule has 0 saturated carbocycles. The van der Waals surface area contributed by atoms with Crippen LogP contribution in [0.15, 0.2) is 91.0 Å². The van der Waals surface area contributed by atoms with Gasteiger partial charge in [-0.25, -0.2) is 0 Å². The monoisotopic (exact) mass is 461 g/mol. The lowest BCUT2D eigenvalue weighted by molar-refractivity contribution is -0.120. The van der Waals surface area contributed by atoms with Crippen molar-refractivity contribution in [2.24, 2.45) is 0 Å². The number of aromatic nitrogens is 1. The van der Waals surface area contributed by atoms with E-state index in [-0.39, 0.29) is 18.4 Å². The van der Waals surface area contributed by atoms with Crippen LogP contribution in [-0.2, 0) is 4.79 Å². The van der Waals surface area contributed by atoms with Gasteiger partial charge in [-0.15, -0.1) is 0 Å². The fourth-order valence-corrected chi connectivity index (χ4v) is 4.76. The first kappa shape index (κ1) is 21.0. The van der Waals surface area contributed by atoms with Gasteiger partial charge in [0, 0.05) is 18.0 Å². The number of ether oxygens (including phenoxy) is 1. The third kappa shape index (κ3) is 3.60. The van der Waals surface area contributed by atoms with Crippen LogP contribution in [0.2, 0.25) is 0 Å². The first-order chi connectivity index (χ1) is 17.1. The van der Waals surface area contributed by atoms with Crippen molar-refractivity contribution in [3.05, 3.63) is 96.7 Å². The molecule has 1 aliphatic rings. The van der Waals surface area contributed by atoms with Crippen molar-refractivity contribution in [2.45, 2.75) is 6.04 Å². The minimum absolute atomic E-state index is 0.0629. The summed E-state index contributed by atoms with van der Waals surface area (Å²) in [7, 11) is 1.69. The van der Waals surface area contributed by atoms with Gasteiger partial charge in [0.1, 0.15) is 24.1 Å². The predicted molar refractivity (Wildman–Crippen MR) is 138 cm³/mol. The Hall–Kier alpha value is -4.58. The summed E-state index contributed by atoms with van der Waals surface area (Å²) in [6, 6.07) is 28.8. The Morgan fingerprint density at radius 1 is 0.914 bits per heavy atom. The summed E-state index contributed by atoms with van der Waals surface area (Å²) in [6.45, 7) is 0.0629. The summed E-state index contributed by atoms with van der Waals surface area (Å²) in [6.07, 6.45) is 0. The first-order valence-corrected chi connectivity index (χ1v) is 11.5. The van der Waals surface area contributed by atoms with Crippen molar-refractivity contribution in [2.75, 3.05) is 18.6 Å². The number of carbonyl (C=O) groups is 2. The highest BCUT2D eigenvalue weighted by Gasteiger charge is 2.31. The summed E-state index contributed by atoms with van der Waals surface area (Å²) < 4.78 is 5.83. The van der Waals surface area contributed by atoms with Crippen molar-refractivity contribution >= 4 is 39.2 Å². The molecule has 2 amide bonds. The van der Waals surface area contributed by atoms with Crippen LogP contribution in [0.4, 0.5) is 5.69 Å². The molecular weight excluding hydrogens is 438 g/mol. The summed E-state index contributed by atoms with van der Waals surface area (Å²) in [5.41, 5.74) is 4.06. The highest BCUT2D eigenvalue weighted by molar-refractivity contribution is 6.08. The molecule has 5 aromatic rings. The van der Waals surface area contributed by atoms with E-state index in [2.05, 4.69) is 40.6 Å². The quantitative estimate of drug-likeness (QED) is 0.391. The maximum Gasteiger partial charge on any atom is 0.268 e. The number of nitrogens with one attached hydrogen (secondary N) is 2. The van der Waals surface area contributed by atoms with Crippen molar-refractivity contribution < 1.29 is 14.3 Å². The molecule has 6 rings (SSSR count). The van der Waals surface area contributed by atoms with E-state index in [1.165, 1.54) is 4.90 Å². The van der Waals surface area contributed by atoms with Crippen LogP contribution in [0.3, 0.4) is 0 Å². The molecule has 6 heteroatoms. The molecule has 0 radical (unpaired) electrons. The topological polar surface area (TPSA) is 74.4 Å². The van der Waals surface area contributed by atoms with Gasteiger partial charge >= 0.3 is 0 Å². The molecule has 6 nitrogen and oxygen atoms in total. The van der Waals surface area contributed by atoms with Crippen LogP contribution in [0, 0.1) is 0 Å². The molecule has 2 heterocycles. The van der Waals surface area contributed by atoms with Gasteiger partial charge < -0.3 is 19.9 Å². The van der Waals surface area contributed by atoms with Crippen molar-refractivity contribution in [3.8, 4) is 16.9 Å². The molecular formula is C29H23N3O3. The van der Waals surface area contributed by atoms with E-state index in [0.29, 0.717) is 17.1 Å². The number of anilines is 1. The fourth-order valence-electron chi connectivity index (χ4n) is 4.76. The molecule has 0 saturated heterocycles. The van der Waals surface area contributed by atoms with Crippen LogP contribution in [0.5, 0.6) is 5.75 Å². The van der Waals surface area contributed by atoms with Gasteiger partial charge in [0.2, 0.25) is 0 Å². The number of nitrogens with zero attached hydrogens (tertiary/aromatic N) is 1. The molecule has 0 aliphatic carbocycles. The van der Waals surface area contributed by atoms with Crippen LogP contribution in [0.25, 0.3) is 32.8 Å². The molecule has 1 aromatic heterocycles. The van der Waals surface area contributed by atoms with Crippen LogP contribution < -0.4 is 15.0 Å². The van der Waals surface area contributed by atoms with E-state index in [0.717, 1.165) is 32.8 Å². The minimum atomic E-state index is -0.802. The third-order valence-corrected chi connectivity index (χ3v) is 6.55. The maximum absolute atomic E-state index is 13.2. The average Bonchev–Trinajstić information content (AvgIpc) is 3.30. The number of rotatable bonds is 3. The van der Waals surface area contributed by atoms with Crippen molar-refractivity contribution in [3.63, 3.8) is 0 Å². The molecule has 0 spiro atoms. The number of aromatic amines is 1. The number of amides is 2. The Morgan fingerprint density at radius 3 is 2.51 bits per heavy atom. The highest BCUT2D eigenvalue weighted by Crippen LogP contribution is 2.34. The predicted octanol–water partition coefficient (Wildman–Crippen LogP) is 5.14. The summed E-state index contributed by atoms with van der Waals surface area (Å²) in [5.74, 6) is 0.0349. The molecule has 4 aromatic carbocycles. The van der Waals surface area contributed by atoms with Gasteiger partial charge in [0.05, 0.1) is 11.2 Å². The van der Waals surface area contributed by atoms with E-state index in [9.17, 15) is 9.59 Å². The zero-order chi connectivity index (χ0) is 23.9. The third-order valence-electron chi connectivity index (χ3n) is 6.55. The van der Waals surface area contributed by atoms with E-state index < -0.39 is 6.04 Å². The zero-order valence-electron chi connectivity index (χ0n) is 19.1. The molecule has 1 atom stereocenters. The molecule has 2 N–H and O–H groups in total. The molecule has 0 unspecified atom stereocenters. The number of carbonyl (C=O) groups excluding carboxylic acids is 2. The number of hydrogen-bond acceptors (Lipinski definition) is 3. The van der Waals surface area contributed by atoms with Gasteiger partial charge in [-0.05, 0) is 34.5 Å². The largest absolute Gasteiger partial charge is 0.489 e. The lowest BCUT2D eigenvalue weighted by Crippen LogP contribution is -2.49. The lowest BCUT2D eigenvalue weighted by atomic mass is 9.97. The second kappa shape index (κ2) is 8.33. The molecule has 0 bridgehead atoms. The van der Waals surface area contributed by atoms with Crippen molar-refractivity contribution in [1.29, 1.82) is 0 Å². The van der Waals surface area contributed by atoms with Crippen LogP contribution >= 0.6 is 0 Å². The second-order valence-electron chi connectivity index (χ2n) is 8.68. The number of H-pyrrole nitrogens is 1. The summed E-state index contributed by atoms with van der Waals surface area (Å²) in [5, 5.41) is 6.08. The Bertz CT molecular complexity index is 1600. The first-order valence-electron chi connectivity index (χ1n) is 11.5. The van der Waals surface area contributed by atoms with Crippen LogP contribution in [0.1, 0.15) is 10.5 Å². The van der Waals surface area contributed by atoms with Gasteiger partial charge in [-0.1, -0.05) is 72.8 Å². The number of hydrogen-bond donors (Lipinski definition) is 2. The maximum atomic E-state index is 13.2. The Balaban J connectivity index is 1.32. The lowest BCUT2D eigenvalue weighted by Gasteiger charge is -2.20. The van der Waals surface area contributed by atoms with Crippen molar-refractivity contribution in [1.82, 2.24) is 10.3 Å². The Labute approximate surface area is 202 Å². The Kier molecular flexibility index (Phi) is 4.99. The summed E-state index contributed by atoms with van der Waals surface area (Å²) in [4.78, 5) is 31.1. The summed E-state index contributed by atoms with van der Waals surface area (Å²) >= 11 is 0. The van der Waals surface area contributed by atoms with Gasteiger partial charge in [0.25, 0.3) is 11.8 Å². The zero-order valence-corrected chi connectivity index (χ0v) is 19.1. The van der Waals surface area contributed by atoms with Gasteiger partial charge in [-0.3, -0.25) is 9.59 Å². The SMILES string of the molecule is CN1C(=O)[C@@H](NC(=O)c2cc3cccc(-c4cccc5ccccc45)c3[nH]2)COc2ccccc21. The van der Waals surface area contributed by atoms with Gasteiger partial charge in [-0.2, -0.15) is 0 Å². The Morgan fingerprint density at radius 2 is 1.63 bits per heavy atom. The fraction of sp³-hybridized carbons (Fsp3) is 0.103. The number of para-hydroxylation sites is 3. The molecule has 172 valence electrons. The molecule has 0 fully saturated rings. The molecule has 35 heavy (non-hydrogen) atoms. The van der Waals surface area contributed by atoms with E-state index in [1.807, 2.05) is 60.7 Å². The molecule has 1 aliphatic heterocycles. The number of benzene rings is 4. The highest BCUT2D eigenvalue weighted by atomic mass is 16.5. The number of likely N-dealkylation sites (N-methyl/N-ethyl adjacent to an activating group) is 1. The smallest absolute Gasteiger partial charge is 0.268 e. The standard InChI is InChI=1S/C29H23N3O3/c1-32-25-14-4-5-15-26(25)35-17-24(29(32)34)31-28(33)23-16-19-10-7-13-22(27(19)30-23)21-12-6-9-18-8-2-3-11-20(18)21/h2-16,24,30H,17H2,1H3,(H,31,33)/t24-/m0/s1. The van der Waals surface area contributed by atoms with Gasteiger partial charge in [0.15, 0.2) is 0 Å². The second-order valence-corrected chi connectivity index (χ2v) is 8.68. The van der Waals surface area contributed by atoms with Crippen LogP contribution in [-0.4, -0.2) is 36.5 Å². The van der Waals surface area contributed by atoms with E-state index >= 15 is 0 Å².